The van der Waals surface area contributed by atoms with E-state index in [2.05, 4.69) is 0 Å². The third kappa shape index (κ3) is 3.71. The second kappa shape index (κ2) is 9.26. The Kier molecular flexibility index (Phi) is 6.32. The van der Waals surface area contributed by atoms with E-state index in [0.29, 0.717) is 28.2 Å². The molecule has 0 unspecified atom stereocenters. The van der Waals surface area contributed by atoms with Crippen molar-refractivity contribution >= 4 is 23.8 Å². The van der Waals surface area contributed by atoms with Crippen molar-refractivity contribution in [3.63, 3.8) is 0 Å². The molecule has 4 aliphatic carbocycles. The molecule has 6 rings (SSSR count). The third-order valence-corrected chi connectivity index (χ3v) is 10.3. The van der Waals surface area contributed by atoms with E-state index in [1.807, 2.05) is 13.8 Å². The van der Waals surface area contributed by atoms with Gasteiger partial charge in [0.2, 0.25) is 6.79 Å². The van der Waals surface area contributed by atoms with Gasteiger partial charge in [0.05, 0.1) is 12.2 Å². The molecule has 42 heavy (non-hydrogen) atoms. The first-order chi connectivity index (χ1) is 19.7. The van der Waals surface area contributed by atoms with Crippen molar-refractivity contribution in [2.24, 2.45) is 29.1 Å². The van der Waals surface area contributed by atoms with Crippen LogP contribution in [-0.2, 0) is 23.9 Å². The number of aliphatic hydroxyl groups excluding tert-OH is 1. The standard InChI is InChI=1S/C32H36O10/c1-16-10-24-30(37,27(16)36)13-20(14-33)11-21-26-29(4,5)32(26,42-18(3)34)28(17(2)31(21,24)38)41-25(35)9-7-19-6-8-22-23(12-19)40-15-39-22/h6-12,17,21,24,26,28,33,37-38H,13-15H2,1-5H3/b9-7+/t17-,21+,24-,26-,28-,30-,31-,32-/m1/s1. The summed E-state index contributed by atoms with van der Waals surface area (Å²) in [5.41, 5.74) is -4.43. The Balaban J connectivity index is 1.41. The summed E-state index contributed by atoms with van der Waals surface area (Å²) in [6.45, 7) is 8.03. The average Bonchev–Trinajstić information content (AvgIpc) is 3.20. The van der Waals surface area contributed by atoms with Crippen LogP contribution in [-0.4, -0.2) is 69.3 Å². The molecule has 2 saturated carbocycles. The highest BCUT2D eigenvalue weighted by Gasteiger charge is 2.87. The van der Waals surface area contributed by atoms with E-state index in [9.17, 15) is 29.7 Å². The molecular formula is C32H36O10. The van der Waals surface area contributed by atoms with Crippen LogP contribution >= 0.6 is 0 Å². The number of esters is 2. The van der Waals surface area contributed by atoms with Gasteiger partial charge in [-0.1, -0.05) is 39.0 Å². The van der Waals surface area contributed by atoms with Gasteiger partial charge in [-0.15, -0.1) is 0 Å². The molecular weight excluding hydrogens is 544 g/mol. The zero-order valence-corrected chi connectivity index (χ0v) is 24.2. The lowest BCUT2D eigenvalue weighted by Gasteiger charge is -2.53. The van der Waals surface area contributed by atoms with Gasteiger partial charge in [-0.05, 0) is 41.8 Å². The van der Waals surface area contributed by atoms with E-state index in [-0.39, 0.29) is 13.2 Å². The first-order valence-corrected chi connectivity index (χ1v) is 14.2. The van der Waals surface area contributed by atoms with E-state index < -0.39 is 76.3 Å². The van der Waals surface area contributed by atoms with Crippen LogP contribution in [0.2, 0.25) is 0 Å². The second-order valence-corrected chi connectivity index (χ2v) is 12.8. The predicted octanol–water partition coefficient (Wildman–Crippen LogP) is 2.49. The lowest BCUT2D eigenvalue weighted by Crippen LogP contribution is -2.66. The number of ether oxygens (including phenoxy) is 4. The summed E-state index contributed by atoms with van der Waals surface area (Å²) in [5, 5.41) is 34.7. The number of aliphatic hydroxyl groups is 3. The fourth-order valence-corrected chi connectivity index (χ4v) is 8.41. The number of Topliss-reactive ketones (excluding diaryl/α,β-unsaturated/α-hetero) is 1. The number of hydrogen-bond donors (Lipinski definition) is 3. The number of rotatable bonds is 5. The van der Waals surface area contributed by atoms with E-state index in [0.717, 1.165) is 0 Å². The summed E-state index contributed by atoms with van der Waals surface area (Å²) in [7, 11) is 0. The second-order valence-electron chi connectivity index (χ2n) is 12.8. The van der Waals surface area contributed by atoms with Crippen LogP contribution in [0.3, 0.4) is 0 Å². The molecule has 0 radical (unpaired) electrons. The maximum atomic E-state index is 13.3. The van der Waals surface area contributed by atoms with Crippen LogP contribution in [0.1, 0.15) is 46.6 Å². The minimum Gasteiger partial charge on any atom is -0.455 e. The van der Waals surface area contributed by atoms with Gasteiger partial charge in [0.25, 0.3) is 0 Å². The van der Waals surface area contributed by atoms with Crippen molar-refractivity contribution in [3.8, 4) is 11.5 Å². The number of hydrogen-bond acceptors (Lipinski definition) is 10. The first-order valence-electron chi connectivity index (χ1n) is 14.2. The van der Waals surface area contributed by atoms with Crippen molar-refractivity contribution in [3.05, 3.63) is 53.1 Å². The molecule has 5 aliphatic rings. The first kappa shape index (κ1) is 28.6. The molecule has 0 amide bonds. The van der Waals surface area contributed by atoms with Crippen molar-refractivity contribution in [2.75, 3.05) is 13.4 Å². The van der Waals surface area contributed by atoms with Gasteiger partial charge < -0.3 is 34.3 Å². The van der Waals surface area contributed by atoms with Crippen LogP contribution in [0.25, 0.3) is 6.08 Å². The highest BCUT2D eigenvalue weighted by molar-refractivity contribution is 6.04. The monoisotopic (exact) mass is 580 g/mol. The molecule has 1 aliphatic heterocycles. The lowest BCUT2D eigenvalue weighted by molar-refractivity contribution is -0.226. The van der Waals surface area contributed by atoms with Crippen molar-refractivity contribution in [1.29, 1.82) is 0 Å². The molecule has 8 atom stereocenters. The zero-order chi connectivity index (χ0) is 30.4. The van der Waals surface area contributed by atoms with Gasteiger partial charge in [0.15, 0.2) is 22.9 Å². The van der Waals surface area contributed by atoms with Gasteiger partial charge in [0.1, 0.15) is 11.7 Å². The summed E-state index contributed by atoms with van der Waals surface area (Å²) in [6, 6.07) is 5.22. The molecule has 2 fully saturated rings. The Morgan fingerprint density at radius 3 is 2.55 bits per heavy atom. The molecule has 0 aromatic heterocycles. The van der Waals surface area contributed by atoms with Gasteiger partial charge >= 0.3 is 11.9 Å². The molecule has 0 spiro atoms. The van der Waals surface area contributed by atoms with Gasteiger partial charge in [0, 0.05) is 48.5 Å². The van der Waals surface area contributed by atoms with E-state index in [4.69, 9.17) is 18.9 Å². The molecule has 1 aromatic carbocycles. The van der Waals surface area contributed by atoms with Crippen molar-refractivity contribution in [1.82, 2.24) is 0 Å². The minimum absolute atomic E-state index is 0.120. The fourth-order valence-electron chi connectivity index (χ4n) is 8.41. The Bertz CT molecular complexity index is 1470. The van der Waals surface area contributed by atoms with Crippen LogP contribution in [0.15, 0.2) is 47.6 Å². The van der Waals surface area contributed by atoms with E-state index >= 15 is 0 Å². The minimum atomic E-state index is -1.98. The normalized spacial score (nSPS) is 39.0. The number of fused-ring (bicyclic) bond motifs is 6. The lowest BCUT2D eigenvalue weighted by atomic mass is 9.59. The van der Waals surface area contributed by atoms with Gasteiger partial charge in [-0.25, -0.2) is 4.79 Å². The Labute approximate surface area is 243 Å². The number of carbonyl (C=O) groups excluding carboxylic acids is 3. The van der Waals surface area contributed by atoms with Gasteiger partial charge in [-0.3, -0.25) is 9.59 Å². The number of carbonyl (C=O) groups is 3. The highest BCUT2D eigenvalue weighted by atomic mass is 16.7. The number of benzene rings is 1. The Morgan fingerprint density at radius 2 is 1.86 bits per heavy atom. The van der Waals surface area contributed by atoms with Crippen LogP contribution in [0, 0.1) is 29.1 Å². The average molecular weight is 581 g/mol. The topological polar surface area (TPSA) is 149 Å². The highest BCUT2D eigenvalue weighted by Crippen LogP contribution is 2.77. The summed E-state index contributed by atoms with van der Waals surface area (Å²) in [5.74, 6) is -3.85. The molecule has 10 heteroatoms. The summed E-state index contributed by atoms with van der Waals surface area (Å²) in [6.07, 6.45) is 4.86. The largest absolute Gasteiger partial charge is 0.455 e. The SMILES string of the molecule is CC(=O)O[C@@]12[C@H](OC(=O)/C=C/c3ccc4c(c3)OCO4)[C@@H](C)[C@@]3(O)[C@@H](C=C(CO)C[C@]4(O)C(=O)C(C)=C[C@@H]34)[C@@H]1C2(C)C. The molecule has 1 heterocycles. The molecule has 224 valence electrons. The maximum Gasteiger partial charge on any atom is 0.331 e. The van der Waals surface area contributed by atoms with E-state index in [1.54, 1.807) is 50.3 Å². The van der Waals surface area contributed by atoms with Crippen LogP contribution < -0.4 is 9.47 Å². The molecule has 10 nitrogen and oxygen atoms in total. The maximum absolute atomic E-state index is 13.3. The fraction of sp³-hybridized carbons (Fsp3) is 0.531. The Morgan fingerprint density at radius 1 is 1.14 bits per heavy atom. The summed E-state index contributed by atoms with van der Waals surface area (Å²) >= 11 is 0. The van der Waals surface area contributed by atoms with Gasteiger partial charge in [-0.2, -0.15) is 0 Å². The zero-order valence-electron chi connectivity index (χ0n) is 24.2. The molecule has 0 bridgehead atoms. The quantitative estimate of drug-likeness (QED) is 0.269. The predicted molar refractivity (Wildman–Crippen MR) is 148 cm³/mol. The van der Waals surface area contributed by atoms with Crippen LogP contribution in [0.4, 0.5) is 0 Å². The molecule has 0 saturated heterocycles. The molecule has 1 aromatic rings. The van der Waals surface area contributed by atoms with E-state index in [1.165, 1.54) is 13.0 Å². The number of ketones is 1. The Hall–Kier alpha value is -3.47. The summed E-state index contributed by atoms with van der Waals surface area (Å²) < 4.78 is 22.8. The van der Waals surface area contributed by atoms with Crippen molar-refractivity contribution in [2.45, 2.75) is 63.9 Å². The summed E-state index contributed by atoms with van der Waals surface area (Å²) in [4.78, 5) is 39.1. The smallest absolute Gasteiger partial charge is 0.331 e. The molecule has 3 N–H and O–H groups in total. The third-order valence-electron chi connectivity index (χ3n) is 10.3. The van der Waals surface area contributed by atoms with Crippen molar-refractivity contribution < 1.29 is 48.7 Å². The van der Waals surface area contributed by atoms with Crippen LogP contribution in [0.5, 0.6) is 11.5 Å².